The molecular weight excluding hydrogens is 284 g/mol. The average molecular weight is 304 g/mol. The number of ether oxygens (including phenoxy) is 1. The fourth-order valence-electron chi connectivity index (χ4n) is 2.14. The molecule has 5 nitrogen and oxygen atoms in total. The predicted molar refractivity (Wildman–Crippen MR) is 84.4 cm³/mol. The van der Waals surface area contributed by atoms with Crippen LogP contribution in [0.2, 0.25) is 0 Å². The van der Waals surface area contributed by atoms with Gasteiger partial charge in [0.05, 0.1) is 0 Å². The van der Waals surface area contributed by atoms with Crippen molar-refractivity contribution in [1.29, 1.82) is 0 Å². The quantitative estimate of drug-likeness (QED) is 0.945. The maximum absolute atomic E-state index is 5.81. The molecule has 0 fully saturated rings. The molecule has 2 aromatic rings. The molecule has 0 aliphatic carbocycles. The Hall–Kier alpha value is -1.69. The molecule has 3 rings (SSSR count). The zero-order chi connectivity index (χ0) is 14.9. The smallest absolute Gasteiger partial charge is 0.210 e. The summed E-state index contributed by atoms with van der Waals surface area (Å²) in [4.78, 5) is 0. The highest BCUT2D eigenvalue weighted by atomic mass is 32.2. The minimum Gasteiger partial charge on any atom is -0.486 e. The van der Waals surface area contributed by atoms with E-state index in [4.69, 9.17) is 4.74 Å². The zero-order valence-electron chi connectivity index (χ0n) is 12.6. The summed E-state index contributed by atoms with van der Waals surface area (Å²) in [5, 5.41) is 9.23. The van der Waals surface area contributed by atoms with Crippen LogP contribution in [0.5, 0.6) is 5.75 Å². The number of thioether (sulfide) groups is 1. The summed E-state index contributed by atoms with van der Waals surface area (Å²) >= 11 is 1.71. The summed E-state index contributed by atoms with van der Waals surface area (Å²) in [7, 11) is 0. The topological polar surface area (TPSA) is 52.0 Å². The molecule has 1 aromatic carbocycles. The number of nitrogens with one attached hydrogen (secondary N) is 1. The van der Waals surface area contributed by atoms with Gasteiger partial charge in [-0.15, -0.1) is 10.2 Å². The number of benzene rings is 1. The monoisotopic (exact) mass is 304 g/mol. The SMILES string of the molecule is CC(C)(C)c1ccc(OCc2nnc3n2NCCS3)cc1. The molecule has 1 aliphatic rings. The molecule has 21 heavy (non-hydrogen) atoms. The molecule has 0 saturated carbocycles. The summed E-state index contributed by atoms with van der Waals surface area (Å²) in [6.07, 6.45) is 0. The van der Waals surface area contributed by atoms with Crippen molar-refractivity contribution < 1.29 is 4.74 Å². The molecule has 0 atom stereocenters. The lowest BCUT2D eigenvalue weighted by atomic mass is 9.87. The van der Waals surface area contributed by atoms with Crippen molar-refractivity contribution in [2.75, 3.05) is 17.7 Å². The summed E-state index contributed by atoms with van der Waals surface area (Å²) < 4.78 is 7.73. The van der Waals surface area contributed by atoms with Crippen LogP contribution in [0, 0.1) is 0 Å². The summed E-state index contributed by atoms with van der Waals surface area (Å²) in [5.41, 5.74) is 4.72. The Morgan fingerprint density at radius 2 is 2.00 bits per heavy atom. The third-order valence-electron chi connectivity index (χ3n) is 3.39. The largest absolute Gasteiger partial charge is 0.486 e. The van der Waals surface area contributed by atoms with Gasteiger partial charge in [-0.25, -0.2) is 4.68 Å². The molecule has 0 unspecified atom stereocenters. The van der Waals surface area contributed by atoms with Crippen LogP contribution in [0.15, 0.2) is 29.4 Å². The van der Waals surface area contributed by atoms with Crippen LogP contribution >= 0.6 is 11.8 Å². The highest BCUT2D eigenvalue weighted by molar-refractivity contribution is 7.99. The van der Waals surface area contributed by atoms with Gasteiger partial charge in [-0.2, -0.15) is 0 Å². The Morgan fingerprint density at radius 3 is 2.71 bits per heavy atom. The molecule has 0 saturated heterocycles. The standard InChI is InChI=1S/C15H20N4OS/c1-15(2,3)11-4-6-12(7-5-11)20-10-13-17-18-14-19(13)16-8-9-21-14/h4-7,16H,8-10H2,1-3H3. The lowest BCUT2D eigenvalue weighted by Gasteiger charge is -2.19. The Labute approximate surface area is 129 Å². The first kappa shape index (κ1) is 14.3. The summed E-state index contributed by atoms with van der Waals surface area (Å²) in [6.45, 7) is 7.94. The fourth-order valence-corrected chi connectivity index (χ4v) is 2.92. The fraction of sp³-hybridized carbons (Fsp3) is 0.467. The van der Waals surface area contributed by atoms with E-state index in [9.17, 15) is 0 Å². The Balaban J connectivity index is 1.66. The number of hydrogen-bond acceptors (Lipinski definition) is 5. The van der Waals surface area contributed by atoms with Crippen molar-refractivity contribution in [2.45, 2.75) is 37.9 Å². The summed E-state index contributed by atoms with van der Waals surface area (Å²) in [5.74, 6) is 2.67. The summed E-state index contributed by atoms with van der Waals surface area (Å²) in [6, 6.07) is 8.25. The Morgan fingerprint density at radius 1 is 1.24 bits per heavy atom. The van der Waals surface area contributed by atoms with E-state index in [1.807, 2.05) is 16.8 Å². The molecule has 112 valence electrons. The highest BCUT2D eigenvalue weighted by Gasteiger charge is 2.17. The minimum atomic E-state index is 0.158. The van der Waals surface area contributed by atoms with Gasteiger partial charge < -0.3 is 10.2 Å². The molecular formula is C15H20N4OS. The van der Waals surface area contributed by atoms with Gasteiger partial charge in [0, 0.05) is 12.3 Å². The molecule has 1 N–H and O–H groups in total. The van der Waals surface area contributed by atoms with Crippen molar-refractivity contribution in [2.24, 2.45) is 0 Å². The second kappa shape index (κ2) is 5.60. The maximum Gasteiger partial charge on any atom is 0.210 e. The number of fused-ring (bicyclic) bond motifs is 1. The van der Waals surface area contributed by atoms with E-state index < -0.39 is 0 Å². The third kappa shape index (κ3) is 3.15. The third-order valence-corrected chi connectivity index (χ3v) is 4.32. The Kier molecular flexibility index (Phi) is 3.80. The molecule has 2 heterocycles. The zero-order valence-corrected chi connectivity index (χ0v) is 13.4. The van der Waals surface area contributed by atoms with E-state index in [0.29, 0.717) is 6.61 Å². The normalized spacial score (nSPS) is 14.4. The van der Waals surface area contributed by atoms with Crippen LogP contribution in [0.4, 0.5) is 0 Å². The molecule has 0 radical (unpaired) electrons. The first-order chi connectivity index (χ1) is 10.0. The lowest BCUT2D eigenvalue weighted by molar-refractivity contribution is 0.290. The van der Waals surface area contributed by atoms with E-state index >= 15 is 0 Å². The average Bonchev–Trinajstić information content (AvgIpc) is 2.88. The van der Waals surface area contributed by atoms with Gasteiger partial charge in [-0.3, -0.25) is 0 Å². The van der Waals surface area contributed by atoms with E-state index in [-0.39, 0.29) is 5.41 Å². The van der Waals surface area contributed by atoms with Gasteiger partial charge in [0.25, 0.3) is 0 Å². The van der Waals surface area contributed by atoms with Crippen molar-refractivity contribution in [1.82, 2.24) is 14.9 Å². The van der Waals surface area contributed by atoms with Gasteiger partial charge >= 0.3 is 0 Å². The van der Waals surface area contributed by atoms with Crippen LogP contribution in [0.25, 0.3) is 0 Å². The van der Waals surface area contributed by atoms with Crippen LogP contribution in [-0.2, 0) is 12.0 Å². The Bertz CT molecular complexity index is 616. The lowest BCUT2D eigenvalue weighted by Crippen LogP contribution is -2.25. The van der Waals surface area contributed by atoms with Crippen LogP contribution < -0.4 is 10.2 Å². The molecule has 1 aliphatic heterocycles. The number of rotatable bonds is 3. The first-order valence-corrected chi connectivity index (χ1v) is 8.07. The second-order valence-electron chi connectivity index (χ2n) is 6.05. The van der Waals surface area contributed by atoms with Crippen LogP contribution in [0.1, 0.15) is 32.2 Å². The van der Waals surface area contributed by atoms with Gasteiger partial charge in [0.15, 0.2) is 5.82 Å². The van der Waals surface area contributed by atoms with Crippen molar-refractivity contribution >= 4 is 11.8 Å². The van der Waals surface area contributed by atoms with E-state index in [2.05, 4.69) is 48.5 Å². The molecule has 0 amide bonds. The maximum atomic E-state index is 5.81. The van der Waals surface area contributed by atoms with Crippen molar-refractivity contribution in [3.63, 3.8) is 0 Å². The number of hydrogen-bond donors (Lipinski definition) is 1. The van der Waals surface area contributed by atoms with Crippen molar-refractivity contribution in [3.05, 3.63) is 35.7 Å². The first-order valence-electron chi connectivity index (χ1n) is 7.08. The van der Waals surface area contributed by atoms with E-state index in [0.717, 1.165) is 29.0 Å². The number of nitrogens with zero attached hydrogens (tertiary/aromatic N) is 3. The van der Waals surface area contributed by atoms with Crippen LogP contribution in [-0.4, -0.2) is 27.2 Å². The number of aromatic nitrogens is 3. The van der Waals surface area contributed by atoms with Gasteiger partial charge in [-0.1, -0.05) is 44.7 Å². The molecule has 0 spiro atoms. The van der Waals surface area contributed by atoms with Gasteiger partial charge in [0.2, 0.25) is 5.16 Å². The van der Waals surface area contributed by atoms with Gasteiger partial charge in [-0.05, 0) is 23.1 Å². The second-order valence-corrected chi connectivity index (χ2v) is 7.12. The molecule has 6 heteroatoms. The highest BCUT2D eigenvalue weighted by Crippen LogP contribution is 2.25. The van der Waals surface area contributed by atoms with E-state index in [1.165, 1.54) is 5.56 Å². The molecule has 1 aromatic heterocycles. The molecule has 0 bridgehead atoms. The predicted octanol–water partition coefficient (Wildman–Crippen LogP) is 2.80. The van der Waals surface area contributed by atoms with Crippen LogP contribution in [0.3, 0.4) is 0 Å². The minimum absolute atomic E-state index is 0.158. The van der Waals surface area contributed by atoms with E-state index in [1.54, 1.807) is 11.8 Å². The van der Waals surface area contributed by atoms with Crippen molar-refractivity contribution in [3.8, 4) is 5.75 Å². The van der Waals surface area contributed by atoms with Gasteiger partial charge in [0.1, 0.15) is 12.4 Å².